The van der Waals surface area contributed by atoms with Crippen LogP contribution in [0.1, 0.15) is 42.9 Å². The fourth-order valence-electron chi connectivity index (χ4n) is 3.01. The van der Waals surface area contributed by atoms with Crippen LogP contribution in [0.25, 0.3) is 5.69 Å². The van der Waals surface area contributed by atoms with Gasteiger partial charge in [0.2, 0.25) is 0 Å². The number of halogens is 2. The molecule has 0 atom stereocenters. The number of ether oxygens (including phenoxy) is 1. The maximum atomic E-state index is 6.51. The number of methoxy groups -OCH3 is 1. The lowest BCUT2D eigenvalue weighted by Crippen LogP contribution is -2.00. The smallest absolute Gasteiger partial charge is 0.137 e. The Morgan fingerprint density at radius 3 is 2.76 bits per heavy atom. The Morgan fingerprint density at radius 1 is 1.33 bits per heavy atom. The zero-order chi connectivity index (χ0) is 14.8. The highest BCUT2D eigenvalue weighted by Crippen LogP contribution is 2.38. The first-order chi connectivity index (χ1) is 10.2. The summed E-state index contributed by atoms with van der Waals surface area (Å²) in [6, 6.07) is 7.73. The lowest BCUT2D eigenvalue weighted by molar-refractivity contribution is 0.414. The van der Waals surface area contributed by atoms with E-state index in [9.17, 15) is 0 Å². The Morgan fingerprint density at radius 2 is 2.10 bits per heavy atom. The van der Waals surface area contributed by atoms with Crippen molar-refractivity contribution in [2.75, 3.05) is 7.11 Å². The van der Waals surface area contributed by atoms with E-state index in [-0.39, 0.29) is 0 Å². The Bertz CT molecular complexity index is 633. The lowest BCUT2D eigenvalue weighted by Gasteiger charge is -2.07. The maximum absolute atomic E-state index is 6.51. The summed E-state index contributed by atoms with van der Waals surface area (Å²) in [5.41, 5.74) is 2.93. The van der Waals surface area contributed by atoms with Crippen LogP contribution in [0, 0.1) is 0 Å². The van der Waals surface area contributed by atoms with Crippen molar-refractivity contribution in [3.8, 4) is 11.4 Å². The molecule has 0 radical (unpaired) electrons. The van der Waals surface area contributed by atoms with Gasteiger partial charge in [-0.3, -0.25) is 0 Å². The summed E-state index contributed by atoms with van der Waals surface area (Å²) >= 11 is 12.6. The molecule has 1 saturated carbocycles. The molecule has 0 aliphatic heterocycles. The van der Waals surface area contributed by atoms with E-state index >= 15 is 0 Å². The van der Waals surface area contributed by atoms with Gasteiger partial charge in [0.05, 0.1) is 24.4 Å². The number of nitrogens with zero attached hydrogens (tertiary/aromatic N) is 2. The van der Waals surface area contributed by atoms with Crippen LogP contribution in [0.2, 0.25) is 5.15 Å². The van der Waals surface area contributed by atoms with Crippen LogP contribution in [0.5, 0.6) is 5.75 Å². The van der Waals surface area contributed by atoms with Gasteiger partial charge in [0.15, 0.2) is 0 Å². The van der Waals surface area contributed by atoms with Crippen LogP contribution >= 0.6 is 23.2 Å². The van der Waals surface area contributed by atoms with Crippen molar-refractivity contribution >= 4 is 23.2 Å². The van der Waals surface area contributed by atoms with Crippen LogP contribution in [0.3, 0.4) is 0 Å². The van der Waals surface area contributed by atoms with Crippen molar-refractivity contribution < 1.29 is 4.74 Å². The molecule has 1 fully saturated rings. The highest BCUT2D eigenvalue weighted by molar-refractivity contribution is 6.31. The van der Waals surface area contributed by atoms with Crippen LogP contribution in [-0.2, 0) is 5.88 Å². The predicted octanol–water partition coefficient (Wildman–Crippen LogP) is 4.93. The molecule has 0 amide bonds. The highest BCUT2D eigenvalue weighted by Gasteiger charge is 2.26. The van der Waals surface area contributed by atoms with Gasteiger partial charge in [0.25, 0.3) is 0 Å². The monoisotopic (exact) mass is 324 g/mol. The van der Waals surface area contributed by atoms with E-state index in [2.05, 4.69) is 0 Å². The van der Waals surface area contributed by atoms with Crippen molar-refractivity contribution in [3.63, 3.8) is 0 Å². The topological polar surface area (TPSA) is 27.1 Å². The third-order valence-electron chi connectivity index (χ3n) is 4.13. The van der Waals surface area contributed by atoms with E-state index in [0.29, 0.717) is 17.0 Å². The van der Waals surface area contributed by atoms with Gasteiger partial charge in [0.1, 0.15) is 10.9 Å². The van der Waals surface area contributed by atoms with E-state index in [1.54, 1.807) is 11.8 Å². The molecule has 3 rings (SSSR count). The van der Waals surface area contributed by atoms with Crippen molar-refractivity contribution in [3.05, 3.63) is 40.7 Å². The van der Waals surface area contributed by atoms with Gasteiger partial charge in [0, 0.05) is 17.5 Å². The molecular formula is C16H18Cl2N2O. The van der Waals surface area contributed by atoms with Gasteiger partial charge in [-0.1, -0.05) is 30.5 Å². The van der Waals surface area contributed by atoms with Gasteiger partial charge in [-0.25, -0.2) is 4.68 Å². The van der Waals surface area contributed by atoms with Gasteiger partial charge in [-0.15, -0.1) is 11.6 Å². The van der Waals surface area contributed by atoms with Crippen LogP contribution in [0.4, 0.5) is 0 Å². The first-order valence-electron chi connectivity index (χ1n) is 7.22. The number of hydrogen-bond donors (Lipinski definition) is 0. The molecule has 3 nitrogen and oxygen atoms in total. The molecule has 0 unspecified atom stereocenters. The third kappa shape index (κ3) is 2.77. The maximum Gasteiger partial charge on any atom is 0.137 e. The number of alkyl halides is 1. The lowest BCUT2D eigenvalue weighted by atomic mass is 10.0. The van der Waals surface area contributed by atoms with Crippen molar-refractivity contribution in [1.29, 1.82) is 0 Å². The van der Waals surface area contributed by atoms with Gasteiger partial charge in [-0.05, 0) is 25.0 Å². The van der Waals surface area contributed by atoms with E-state index in [1.165, 1.54) is 25.7 Å². The van der Waals surface area contributed by atoms with Gasteiger partial charge >= 0.3 is 0 Å². The summed E-state index contributed by atoms with van der Waals surface area (Å²) < 4.78 is 7.04. The first kappa shape index (κ1) is 14.7. The van der Waals surface area contributed by atoms with E-state index in [4.69, 9.17) is 33.0 Å². The molecule has 1 aliphatic carbocycles. The van der Waals surface area contributed by atoms with E-state index in [1.807, 2.05) is 24.3 Å². The Balaban J connectivity index is 2.05. The summed E-state index contributed by atoms with van der Waals surface area (Å²) in [4.78, 5) is 0. The zero-order valence-corrected chi connectivity index (χ0v) is 13.5. The second-order valence-electron chi connectivity index (χ2n) is 5.38. The second-order valence-corrected chi connectivity index (χ2v) is 6.01. The summed E-state index contributed by atoms with van der Waals surface area (Å²) in [5, 5.41) is 5.36. The van der Waals surface area contributed by atoms with Gasteiger partial charge < -0.3 is 4.74 Å². The SMILES string of the molecule is COc1cccc(-n2nc(C3CCCC3)c(CCl)c2Cl)c1. The minimum absolute atomic E-state index is 0.397. The second kappa shape index (κ2) is 6.29. The third-order valence-corrected chi connectivity index (χ3v) is 4.78. The fourth-order valence-corrected chi connectivity index (χ4v) is 3.64. The number of hydrogen-bond acceptors (Lipinski definition) is 2. The molecular weight excluding hydrogens is 307 g/mol. The zero-order valence-electron chi connectivity index (χ0n) is 12.0. The summed E-state index contributed by atoms with van der Waals surface area (Å²) in [6.07, 6.45) is 4.87. The molecule has 1 aliphatic rings. The van der Waals surface area contributed by atoms with Crippen molar-refractivity contribution in [2.45, 2.75) is 37.5 Å². The molecule has 0 N–H and O–H groups in total. The minimum atomic E-state index is 0.397. The molecule has 0 saturated heterocycles. The van der Waals surface area contributed by atoms with E-state index < -0.39 is 0 Å². The number of benzene rings is 1. The molecule has 2 aromatic rings. The van der Waals surface area contributed by atoms with Crippen LogP contribution in [0.15, 0.2) is 24.3 Å². The standard InChI is InChI=1S/C16H18Cl2N2O/c1-21-13-8-4-7-12(9-13)20-16(18)14(10-17)15(19-20)11-5-2-3-6-11/h4,7-9,11H,2-3,5-6,10H2,1H3. The molecule has 1 aromatic carbocycles. The molecule has 1 aromatic heterocycles. The van der Waals surface area contributed by atoms with Crippen LogP contribution < -0.4 is 4.74 Å². The molecule has 112 valence electrons. The minimum Gasteiger partial charge on any atom is -0.497 e. The van der Waals surface area contributed by atoms with Crippen molar-refractivity contribution in [2.24, 2.45) is 0 Å². The quantitative estimate of drug-likeness (QED) is 0.745. The Labute approximate surface area is 134 Å². The Kier molecular flexibility index (Phi) is 4.41. The first-order valence-corrected chi connectivity index (χ1v) is 8.13. The predicted molar refractivity (Wildman–Crippen MR) is 85.9 cm³/mol. The Hall–Kier alpha value is -1.19. The fraction of sp³-hybridized carbons (Fsp3) is 0.438. The number of aromatic nitrogens is 2. The van der Waals surface area contributed by atoms with Crippen LogP contribution in [-0.4, -0.2) is 16.9 Å². The molecule has 0 bridgehead atoms. The summed E-state index contributed by atoms with van der Waals surface area (Å²) in [5.74, 6) is 1.67. The average molecular weight is 325 g/mol. The summed E-state index contributed by atoms with van der Waals surface area (Å²) in [6.45, 7) is 0. The largest absolute Gasteiger partial charge is 0.497 e. The molecule has 1 heterocycles. The average Bonchev–Trinajstić information content (AvgIpc) is 3.14. The summed E-state index contributed by atoms with van der Waals surface area (Å²) in [7, 11) is 1.65. The molecule has 0 spiro atoms. The van der Waals surface area contributed by atoms with Gasteiger partial charge in [-0.2, -0.15) is 5.10 Å². The molecule has 21 heavy (non-hydrogen) atoms. The normalized spacial score (nSPS) is 15.6. The van der Waals surface area contributed by atoms with Crippen molar-refractivity contribution in [1.82, 2.24) is 9.78 Å². The van der Waals surface area contributed by atoms with E-state index in [0.717, 1.165) is 22.7 Å². The number of rotatable bonds is 4. The highest BCUT2D eigenvalue weighted by atomic mass is 35.5. The molecule has 5 heteroatoms.